The molecule has 22 heavy (non-hydrogen) atoms. The first kappa shape index (κ1) is 17.6. The fraction of sp³-hybridized carbons (Fsp3) is 0.308. The zero-order valence-corrected chi connectivity index (χ0v) is 13.0. The number of hydrogen-bond donors (Lipinski definition) is 3. The molecular formula is C13H15N3O5S. The number of ketones is 1. The summed E-state index contributed by atoms with van der Waals surface area (Å²) in [6.07, 6.45) is 0. The molecule has 0 unspecified atom stereocenters. The molecule has 0 heterocycles. The van der Waals surface area contributed by atoms with Gasteiger partial charge in [0, 0.05) is 5.41 Å². The van der Waals surface area contributed by atoms with Crippen molar-refractivity contribution >= 4 is 27.3 Å². The second-order valence-electron chi connectivity index (χ2n) is 5.42. The Labute approximate surface area is 127 Å². The molecule has 0 amide bonds. The smallest absolute Gasteiger partial charge is 0.294 e. The van der Waals surface area contributed by atoms with Crippen molar-refractivity contribution in [2.75, 3.05) is 5.43 Å². The van der Waals surface area contributed by atoms with Gasteiger partial charge in [-0.2, -0.15) is 18.8 Å². The third kappa shape index (κ3) is 4.28. The van der Waals surface area contributed by atoms with E-state index >= 15 is 0 Å². The van der Waals surface area contributed by atoms with Crippen molar-refractivity contribution in [1.29, 1.82) is 5.26 Å². The lowest BCUT2D eigenvalue weighted by atomic mass is 9.88. The fourth-order valence-electron chi connectivity index (χ4n) is 1.36. The Morgan fingerprint density at radius 2 is 1.95 bits per heavy atom. The van der Waals surface area contributed by atoms with Crippen molar-refractivity contribution in [3.05, 3.63) is 18.2 Å². The second kappa shape index (κ2) is 6.13. The minimum atomic E-state index is -4.46. The Hall–Kier alpha value is -2.44. The third-order valence-electron chi connectivity index (χ3n) is 2.56. The van der Waals surface area contributed by atoms with Crippen molar-refractivity contribution in [1.82, 2.24) is 0 Å². The van der Waals surface area contributed by atoms with Crippen molar-refractivity contribution in [2.24, 2.45) is 10.5 Å². The average molecular weight is 325 g/mol. The molecule has 0 aliphatic heterocycles. The summed E-state index contributed by atoms with van der Waals surface area (Å²) in [5.74, 6) is -0.885. The molecule has 3 N–H and O–H groups in total. The maximum Gasteiger partial charge on any atom is 0.294 e. The van der Waals surface area contributed by atoms with Gasteiger partial charge >= 0.3 is 0 Å². The minimum Gasteiger partial charge on any atom is -0.506 e. The number of hydrazone groups is 1. The lowest BCUT2D eigenvalue weighted by Gasteiger charge is -2.14. The highest BCUT2D eigenvalue weighted by Crippen LogP contribution is 2.26. The predicted octanol–water partition coefficient (Wildman–Crippen LogP) is 1.55. The van der Waals surface area contributed by atoms with Crippen LogP contribution in [-0.2, 0) is 14.9 Å². The lowest BCUT2D eigenvalue weighted by molar-refractivity contribution is -0.119. The van der Waals surface area contributed by atoms with Crippen LogP contribution in [-0.4, -0.2) is 29.6 Å². The van der Waals surface area contributed by atoms with Crippen molar-refractivity contribution in [3.8, 4) is 11.8 Å². The second-order valence-corrected chi connectivity index (χ2v) is 6.84. The number of carbonyl (C=O) groups is 1. The van der Waals surface area contributed by atoms with Crippen LogP contribution >= 0.6 is 0 Å². The number of aromatic hydroxyl groups is 1. The molecule has 0 saturated heterocycles. The molecule has 0 atom stereocenters. The number of hydrogen-bond acceptors (Lipinski definition) is 7. The van der Waals surface area contributed by atoms with Gasteiger partial charge in [0.15, 0.2) is 5.78 Å². The summed E-state index contributed by atoms with van der Waals surface area (Å²) < 4.78 is 31.0. The molecule has 0 aliphatic carbocycles. The SMILES string of the molecule is CC(C)(C)C(=O)C(C#N)=NNc1cc(S(=O)(=O)O)ccc1O. The lowest BCUT2D eigenvalue weighted by Crippen LogP contribution is -2.28. The first-order valence-corrected chi connectivity index (χ1v) is 7.50. The summed E-state index contributed by atoms with van der Waals surface area (Å²) in [5, 5.41) is 22.1. The van der Waals surface area contributed by atoms with E-state index in [1.165, 1.54) is 0 Å². The molecule has 1 aromatic carbocycles. The Morgan fingerprint density at radius 1 is 1.36 bits per heavy atom. The molecule has 0 saturated carbocycles. The topological polar surface area (TPSA) is 140 Å². The highest BCUT2D eigenvalue weighted by atomic mass is 32.2. The van der Waals surface area contributed by atoms with Crippen molar-refractivity contribution in [3.63, 3.8) is 0 Å². The van der Waals surface area contributed by atoms with Gasteiger partial charge in [-0.1, -0.05) is 20.8 Å². The zero-order valence-electron chi connectivity index (χ0n) is 12.2. The van der Waals surface area contributed by atoms with Gasteiger partial charge in [-0.15, -0.1) is 0 Å². The van der Waals surface area contributed by atoms with E-state index in [1.807, 2.05) is 0 Å². The van der Waals surface area contributed by atoms with Gasteiger partial charge in [0.05, 0.1) is 10.6 Å². The maximum absolute atomic E-state index is 11.9. The fourth-order valence-corrected chi connectivity index (χ4v) is 1.87. The number of anilines is 1. The molecule has 0 aromatic heterocycles. The van der Waals surface area contributed by atoms with E-state index in [0.29, 0.717) is 0 Å². The van der Waals surface area contributed by atoms with Gasteiger partial charge in [0.25, 0.3) is 10.1 Å². The Balaban J connectivity index is 3.17. The first-order valence-electron chi connectivity index (χ1n) is 6.06. The predicted molar refractivity (Wildman–Crippen MR) is 79.1 cm³/mol. The molecule has 0 aliphatic rings. The quantitative estimate of drug-likeness (QED) is 0.330. The van der Waals surface area contributed by atoms with Gasteiger partial charge in [0.2, 0.25) is 5.71 Å². The number of nitriles is 1. The summed E-state index contributed by atoms with van der Waals surface area (Å²) in [7, 11) is -4.46. The van der Waals surface area contributed by atoms with Crippen LogP contribution in [0.5, 0.6) is 5.75 Å². The van der Waals surface area contributed by atoms with E-state index in [9.17, 15) is 18.3 Å². The Bertz CT molecular complexity index is 770. The molecule has 0 spiro atoms. The molecule has 8 nitrogen and oxygen atoms in total. The van der Waals surface area contributed by atoms with Gasteiger partial charge in [-0.3, -0.25) is 14.8 Å². The van der Waals surface area contributed by atoms with E-state index in [1.54, 1.807) is 26.8 Å². The number of phenolic OH excluding ortho intramolecular Hbond substituents is 1. The van der Waals surface area contributed by atoms with E-state index < -0.39 is 31.9 Å². The van der Waals surface area contributed by atoms with Crippen LogP contribution in [0.25, 0.3) is 0 Å². The van der Waals surface area contributed by atoms with E-state index in [4.69, 9.17) is 9.81 Å². The number of carbonyl (C=O) groups excluding carboxylic acids is 1. The van der Waals surface area contributed by atoms with Crippen LogP contribution in [0.15, 0.2) is 28.2 Å². The van der Waals surface area contributed by atoms with E-state index in [2.05, 4.69) is 10.5 Å². The van der Waals surface area contributed by atoms with Crippen LogP contribution in [0.1, 0.15) is 20.8 Å². The monoisotopic (exact) mass is 325 g/mol. The normalized spacial score (nSPS) is 12.6. The largest absolute Gasteiger partial charge is 0.506 e. The molecule has 9 heteroatoms. The molecule has 1 rings (SSSR count). The number of nitrogens with zero attached hydrogens (tertiary/aromatic N) is 2. The summed E-state index contributed by atoms with van der Waals surface area (Å²) in [6, 6.07) is 4.57. The molecule has 1 aromatic rings. The molecule has 0 radical (unpaired) electrons. The van der Waals surface area contributed by atoms with Gasteiger partial charge < -0.3 is 5.11 Å². The van der Waals surface area contributed by atoms with Crippen molar-refractivity contribution in [2.45, 2.75) is 25.7 Å². The zero-order chi connectivity index (χ0) is 17.1. The van der Waals surface area contributed by atoms with Gasteiger partial charge in [0.1, 0.15) is 11.8 Å². The van der Waals surface area contributed by atoms with E-state index in [-0.39, 0.29) is 11.4 Å². The summed E-state index contributed by atoms with van der Waals surface area (Å²) in [6.45, 7) is 4.83. The standard InChI is InChI=1S/C13H15N3O5S/c1-13(2,3)12(18)10(7-14)16-15-9-6-8(22(19,20)21)4-5-11(9)17/h4-6,15,17H,1-3H3,(H,19,20,21). The number of phenols is 1. The first-order chi connectivity index (χ1) is 9.96. The van der Waals surface area contributed by atoms with Crippen LogP contribution in [0.3, 0.4) is 0 Å². The molecule has 0 fully saturated rings. The summed E-state index contributed by atoms with van der Waals surface area (Å²) >= 11 is 0. The number of rotatable bonds is 4. The molecular weight excluding hydrogens is 310 g/mol. The maximum atomic E-state index is 11.9. The third-order valence-corrected chi connectivity index (χ3v) is 3.41. The molecule has 118 valence electrons. The molecule has 0 bridgehead atoms. The van der Waals surface area contributed by atoms with Gasteiger partial charge in [-0.25, -0.2) is 0 Å². The Morgan fingerprint density at radius 3 is 2.41 bits per heavy atom. The number of benzene rings is 1. The number of Topliss-reactive ketones (excluding diaryl/α,β-unsaturated/α-hetero) is 1. The highest BCUT2D eigenvalue weighted by molar-refractivity contribution is 7.85. The van der Waals surface area contributed by atoms with Crippen molar-refractivity contribution < 1.29 is 22.9 Å². The number of nitrogens with one attached hydrogen (secondary N) is 1. The summed E-state index contributed by atoms with van der Waals surface area (Å²) in [5.41, 5.74) is 0.821. The van der Waals surface area contributed by atoms with Crippen LogP contribution in [0.2, 0.25) is 0 Å². The van der Waals surface area contributed by atoms with Crippen LogP contribution in [0.4, 0.5) is 5.69 Å². The van der Waals surface area contributed by atoms with Crippen LogP contribution < -0.4 is 5.43 Å². The average Bonchev–Trinajstić information content (AvgIpc) is 2.38. The Kier molecular flexibility index (Phi) is 4.91. The summed E-state index contributed by atoms with van der Waals surface area (Å²) in [4.78, 5) is 11.5. The minimum absolute atomic E-state index is 0.176. The van der Waals surface area contributed by atoms with Crippen LogP contribution in [0, 0.1) is 16.7 Å². The van der Waals surface area contributed by atoms with E-state index in [0.717, 1.165) is 18.2 Å². The highest BCUT2D eigenvalue weighted by Gasteiger charge is 2.26. The van der Waals surface area contributed by atoms with Gasteiger partial charge in [-0.05, 0) is 18.2 Å².